The third kappa shape index (κ3) is 4.70. The highest BCUT2D eigenvalue weighted by atomic mass is 32.2. The van der Waals surface area contributed by atoms with Gasteiger partial charge in [-0.3, -0.25) is 5.32 Å². The molecule has 0 spiro atoms. The highest BCUT2D eigenvalue weighted by Gasteiger charge is 2.17. The van der Waals surface area contributed by atoms with Crippen LogP contribution in [0.3, 0.4) is 0 Å². The fourth-order valence-electron chi connectivity index (χ4n) is 1.85. The van der Waals surface area contributed by atoms with Crippen molar-refractivity contribution in [2.45, 2.75) is 11.5 Å². The van der Waals surface area contributed by atoms with Gasteiger partial charge in [-0.25, -0.2) is 18.4 Å². The number of primary sulfonamides is 1. The number of carbonyl (C=O) groups excluding carboxylic acids is 1. The largest absolute Gasteiger partial charge is 0.497 e. The third-order valence-corrected chi connectivity index (χ3v) is 3.91. The predicted molar refractivity (Wildman–Crippen MR) is 84.6 cm³/mol. The maximum Gasteiger partial charge on any atom is 0.411 e. The van der Waals surface area contributed by atoms with Gasteiger partial charge < -0.3 is 9.47 Å². The van der Waals surface area contributed by atoms with Gasteiger partial charge in [-0.1, -0.05) is 30.3 Å². The Morgan fingerprint density at radius 1 is 1.17 bits per heavy atom. The monoisotopic (exact) mass is 336 g/mol. The van der Waals surface area contributed by atoms with Crippen molar-refractivity contribution in [1.29, 1.82) is 0 Å². The highest BCUT2D eigenvalue weighted by Crippen LogP contribution is 2.25. The van der Waals surface area contributed by atoms with Crippen LogP contribution in [0.1, 0.15) is 5.56 Å². The van der Waals surface area contributed by atoms with E-state index in [2.05, 4.69) is 5.32 Å². The van der Waals surface area contributed by atoms with Gasteiger partial charge in [-0.05, 0) is 17.7 Å². The second-order valence-electron chi connectivity index (χ2n) is 4.59. The van der Waals surface area contributed by atoms with Gasteiger partial charge in [-0.2, -0.15) is 0 Å². The Labute approximate surface area is 134 Å². The van der Waals surface area contributed by atoms with Crippen molar-refractivity contribution in [3.8, 4) is 5.75 Å². The van der Waals surface area contributed by atoms with Gasteiger partial charge in [0.15, 0.2) is 0 Å². The van der Waals surface area contributed by atoms with Crippen LogP contribution < -0.4 is 15.2 Å². The molecule has 7 nitrogen and oxygen atoms in total. The Balaban J connectivity index is 2.13. The molecule has 0 atom stereocenters. The van der Waals surface area contributed by atoms with E-state index >= 15 is 0 Å². The predicted octanol–water partition coefficient (Wildman–Crippen LogP) is 2.09. The van der Waals surface area contributed by atoms with Crippen LogP contribution >= 0.6 is 0 Å². The zero-order chi connectivity index (χ0) is 16.9. The van der Waals surface area contributed by atoms with Crippen LogP contribution in [0.15, 0.2) is 53.4 Å². The number of nitrogens with one attached hydrogen (secondary N) is 1. The fourth-order valence-corrected chi connectivity index (χ4v) is 2.53. The summed E-state index contributed by atoms with van der Waals surface area (Å²) in [6, 6.07) is 13.1. The van der Waals surface area contributed by atoms with Crippen molar-refractivity contribution < 1.29 is 22.7 Å². The van der Waals surface area contributed by atoms with E-state index in [0.717, 1.165) is 5.56 Å². The Morgan fingerprint density at radius 2 is 1.87 bits per heavy atom. The molecule has 0 heterocycles. The van der Waals surface area contributed by atoms with Crippen LogP contribution in [0.2, 0.25) is 0 Å². The molecule has 0 aliphatic rings. The molecule has 2 aromatic rings. The number of carbonyl (C=O) groups is 1. The molecule has 3 N–H and O–H groups in total. The number of hydrogen-bond donors (Lipinski definition) is 2. The molecule has 2 rings (SSSR count). The minimum atomic E-state index is -4.00. The van der Waals surface area contributed by atoms with E-state index in [0.29, 0.717) is 5.75 Å². The Hall–Kier alpha value is -2.58. The van der Waals surface area contributed by atoms with Crippen LogP contribution in [0.5, 0.6) is 5.75 Å². The quantitative estimate of drug-likeness (QED) is 0.869. The lowest BCUT2D eigenvalue weighted by Gasteiger charge is -2.11. The van der Waals surface area contributed by atoms with E-state index in [1.807, 2.05) is 18.2 Å². The minimum Gasteiger partial charge on any atom is -0.497 e. The first kappa shape index (κ1) is 16.8. The van der Waals surface area contributed by atoms with Gasteiger partial charge in [0.05, 0.1) is 12.8 Å². The second kappa shape index (κ2) is 7.12. The Morgan fingerprint density at radius 3 is 2.48 bits per heavy atom. The summed E-state index contributed by atoms with van der Waals surface area (Å²) in [7, 11) is -2.58. The summed E-state index contributed by atoms with van der Waals surface area (Å²) < 4.78 is 33.2. The minimum absolute atomic E-state index is 0.00934. The molecule has 0 fully saturated rings. The molecule has 0 aliphatic carbocycles. The lowest BCUT2D eigenvalue weighted by molar-refractivity contribution is 0.155. The number of ether oxygens (including phenoxy) is 2. The van der Waals surface area contributed by atoms with Gasteiger partial charge in [0.25, 0.3) is 0 Å². The first-order valence-electron chi connectivity index (χ1n) is 6.58. The molecule has 0 radical (unpaired) electrons. The Kier molecular flexibility index (Phi) is 5.20. The summed E-state index contributed by atoms with van der Waals surface area (Å²) in [5.74, 6) is 0.371. The number of anilines is 1. The summed E-state index contributed by atoms with van der Waals surface area (Å²) in [5, 5.41) is 7.49. The van der Waals surface area contributed by atoms with Gasteiger partial charge in [0, 0.05) is 6.07 Å². The molecule has 122 valence electrons. The zero-order valence-corrected chi connectivity index (χ0v) is 13.2. The summed E-state index contributed by atoms with van der Waals surface area (Å²) in [6.45, 7) is 0.0569. The summed E-state index contributed by atoms with van der Waals surface area (Å²) in [5.41, 5.74) is 0.796. The van der Waals surface area contributed by atoms with Crippen molar-refractivity contribution in [3.05, 3.63) is 54.1 Å². The SMILES string of the molecule is COc1ccc(S(N)(=O)=O)c(NC(=O)OCc2ccccc2)c1. The number of methoxy groups -OCH3 is 1. The van der Waals surface area contributed by atoms with Gasteiger partial charge >= 0.3 is 6.09 Å². The first-order valence-corrected chi connectivity index (χ1v) is 8.13. The van der Waals surface area contributed by atoms with Crippen molar-refractivity contribution in [2.24, 2.45) is 5.14 Å². The number of hydrogen-bond acceptors (Lipinski definition) is 5. The van der Waals surface area contributed by atoms with E-state index in [1.165, 1.54) is 25.3 Å². The van der Waals surface area contributed by atoms with E-state index in [1.54, 1.807) is 12.1 Å². The second-order valence-corrected chi connectivity index (χ2v) is 6.12. The van der Waals surface area contributed by atoms with Crippen LogP contribution in [-0.2, 0) is 21.4 Å². The van der Waals surface area contributed by atoms with Crippen molar-refractivity contribution >= 4 is 21.8 Å². The fraction of sp³-hybridized carbons (Fsp3) is 0.133. The molecule has 0 saturated carbocycles. The average Bonchev–Trinajstić information content (AvgIpc) is 2.52. The number of rotatable bonds is 5. The summed E-state index contributed by atoms with van der Waals surface area (Å²) >= 11 is 0. The number of amides is 1. The van der Waals surface area contributed by atoms with Crippen LogP contribution in [0, 0.1) is 0 Å². The molecule has 0 bridgehead atoms. The normalized spacial score (nSPS) is 10.9. The van der Waals surface area contributed by atoms with Crippen molar-refractivity contribution in [3.63, 3.8) is 0 Å². The van der Waals surface area contributed by atoms with Gasteiger partial charge in [0.2, 0.25) is 10.0 Å². The molecule has 0 saturated heterocycles. The molecule has 0 aliphatic heterocycles. The molecule has 2 aromatic carbocycles. The zero-order valence-electron chi connectivity index (χ0n) is 12.4. The standard InChI is InChI=1S/C15H16N2O5S/c1-21-12-7-8-14(23(16,19)20)13(9-12)17-15(18)22-10-11-5-3-2-4-6-11/h2-9H,10H2,1H3,(H,17,18)(H2,16,19,20). The molecule has 23 heavy (non-hydrogen) atoms. The molecule has 1 amide bonds. The van der Waals surface area contributed by atoms with Crippen LogP contribution in [0.25, 0.3) is 0 Å². The van der Waals surface area contributed by atoms with E-state index < -0.39 is 16.1 Å². The Bertz CT molecular complexity index is 791. The maximum atomic E-state index is 11.9. The average molecular weight is 336 g/mol. The van der Waals surface area contributed by atoms with Crippen molar-refractivity contribution in [1.82, 2.24) is 0 Å². The lowest BCUT2D eigenvalue weighted by atomic mass is 10.2. The van der Waals surface area contributed by atoms with Crippen LogP contribution in [0.4, 0.5) is 10.5 Å². The molecular weight excluding hydrogens is 320 g/mol. The van der Waals surface area contributed by atoms with E-state index in [-0.39, 0.29) is 17.2 Å². The van der Waals surface area contributed by atoms with Gasteiger partial charge in [-0.15, -0.1) is 0 Å². The van der Waals surface area contributed by atoms with E-state index in [4.69, 9.17) is 14.6 Å². The number of nitrogens with two attached hydrogens (primary N) is 1. The van der Waals surface area contributed by atoms with Crippen molar-refractivity contribution in [2.75, 3.05) is 12.4 Å². The highest BCUT2D eigenvalue weighted by molar-refractivity contribution is 7.89. The number of sulfonamides is 1. The lowest BCUT2D eigenvalue weighted by Crippen LogP contribution is -2.19. The summed E-state index contributed by atoms with van der Waals surface area (Å²) in [4.78, 5) is 11.6. The molecule has 0 unspecified atom stereocenters. The summed E-state index contributed by atoms with van der Waals surface area (Å²) in [6.07, 6.45) is -0.799. The van der Waals surface area contributed by atoms with Gasteiger partial charge in [0.1, 0.15) is 17.3 Å². The molecule has 8 heteroatoms. The smallest absolute Gasteiger partial charge is 0.411 e. The van der Waals surface area contributed by atoms with Crippen LogP contribution in [-0.4, -0.2) is 21.6 Å². The maximum absolute atomic E-state index is 11.9. The third-order valence-electron chi connectivity index (χ3n) is 2.94. The first-order chi connectivity index (χ1) is 10.9. The van der Waals surface area contributed by atoms with E-state index in [9.17, 15) is 13.2 Å². The topological polar surface area (TPSA) is 108 Å². The number of benzene rings is 2. The molecule has 0 aromatic heterocycles. The molecular formula is C15H16N2O5S.